The molecule has 1 atom stereocenters. The molecule has 0 spiro atoms. The minimum absolute atomic E-state index is 0.0270. The van der Waals surface area contributed by atoms with E-state index >= 15 is 0 Å². The average Bonchev–Trinajstić information content (AvgIpc) is 2.22. The molecule has 1 aromatic carbocycles. The number of aliphatic hydroxyl groups is 1. The summed E-state index contributed by atoms with van der Waals surface area (Å²) in [6.45, 7) is 6.70. The van der Waals surface area contributed by atoms with E-state index in [0.717, 1.165) is 5.56 Å². The number of aliphatic hydroxyl groups excluding tert-OH is 1. The number of benzene rings is 1. The minimum Gasteiger partial charge on any atom is -0.488 e. The molecule has 0 radical (unpaired) electrons. The maximum Gasteiger partial charge on any atom is 0.156 e. The number of rotatable bonds is 6. The Labute approximate surface area is 118 Å². The second-order valence-electron chi connectivity index (χ2n) is 4.54. The monoisotopic (exact) mass is 291 g/mol. The van der Waals surface area contributed by atoms with Crippen molar-refractivity contribution in [3.63, 3.8) is 0 Å². The first-order valence-electron chi connectivity index (χ1n) is 5.93. The van der Waals surface area contributed by atoms with Gasteiger partial charge in [-0.2, -0.15) is 0 Å². The van der Waals surface area contributed by atoms with E-state index in [-0.39, 0.29) is 12.2 Å². The molecule has 0 aromatic heterocycles. The molecule has 1 rings (SSSR count). The number of halogens is 2. The Morgan fingerprint density at radius 2 is 1.78 bits per heavy atom. The van der Waals surface area contributed by atoms with Gasteiger partial charge in [-0.3, -0.25) is 0 Å². The van der Waals surface area contributed by atoms with E-state index in [1.165, 1.54) is 0 Å². The van der Waals surface area contributed by atoms with Crippen molar-refractivity contribution in [3.05, 3.63) is 27.7 Å². The first-order valence-corrected chi connectivity index (χ1v) is 6.69. The van der Waals surface area contributed by atoms with Crippen LogP contribution >= 0.6 is 23.2 Å². The van der Waals surface area contributed by atoms with Gasteiger partial charge in [0.2, 0.25) is 0 Å². The number of nitrogens with one attached hydrogen (secondary N) is 1. The van der Waals surface area contributed by atoms with Crippen LogP contribution in [-0.2, 0) is 6.54 Å². The SMILES string of the molecule is CC(O)CNCc1cc(Cl)c(OC(C)C)c(Cl)c1. The van der Waals surface area contributed by atoms with Crippen LogP contribution in [0.5, 0.6) is 5.75 Å². The molecule has 0 fully saturated rings. The topological polar surface area (TPSA) is 41.5 Å². The standard InChI is InChI=1S/C13H19Cl2NO2/c1-8(2)18-13-11(14)4-10(5-12(13)15)7-16-6-9(3)17/h4-5,8-9,16-17H,6-7H2,1-3H3. The zero-order valence-electron chi connectivity index (χ0n) is 10.8. The molecule has 1 unspecified atom stereocenters. The average molecular weight is 292 g/mol. The van der Waals surface area contributed by atoms with Gasteiger partial charge in [0, 0.05) is 13.1 Å². The van der Waals surface area contributed by atoms with Gasteiger partial charge in [-0.1, -0.05) is 23.2 Å². The van der Waals surface area contributed by atoms with Crippen molar-refractivity contribution in [2.24, 2.45) is 0 Å². The molecule has 0 aliphatic heterocycles. The lowest BCUT2D eigenvalue weighted by molar-refractivity contribution is 0.191. The van der Waals surface area contributed by atoms with Gasteiger partial charge in [-0.05, 0) is 38.5 Å². The van der Waals surface area contributed by atoms with E-state index in [9.17, 15) is 0 Å². The van der Waals surface area contributed by atoms with E-state index in [0.29, 0.717) is 28.9 Å². The highest BCUT2D eigenvalue weighted by molar-refractivity contribution is 6.37. The molecule has 3 nitrogen and oxygen atoms in total. The third-order valence-electron chi connectivity index (χ3n) is 2.18. The van der Waals surface area contributed by atoms with E-state index < -0.39 is 0 Å². The van der Waals surface area contributed by atoms with E-state index in [1.807, 2.05) is 26.0 Å². The van der Waals surface area contributed by atoms with Crippen molar-refractivity contribution < 1.29 is 9.84 Å². The van der Waals surface area contributed by atoms with Crippen LogP contribution in [0.2, 0.25) is 10.0 Å². The van der Waals surface area contributed by atoms with E-state index in [2.05, 4.69) is 5.32 Å². The second kappa shape index (κ2) is 7.19. The predicted octanol–water partition coefficient (Wildman–Crippen LogP) is 3.25. The lowest BCUT2D eigenvalue weighted by Crippen LogP contribution is -2.23. The van der Waals surface area contributed by atoms with Crippen LogP contribution in [-0.4, -0.2) is 23.9 Å². The summed E-state index contributed by atoms with van der Waals surface area (Å²) in [4.78, 5) is 0. The zero-order chi connectivity index (χ0) is 13.7. The summed E-state index contributed by atoms with van der Waals surface area (Å²) in [5.41, 5.74) is 0.960. The maximum atomic E-state index is 9.15. The fourth-order valence-electron chi connectivity index (χ4n) is 1.49. The van der Waals surface area contributed by atoms with Gasteiger partial charge in [-0.15, -0.1) is 0 Å². The largest absolute Gasteiger partial charge is 0.488 e. The Balaban J connectivity index is 2.73. The van der Waals surface area contributed by atoms with Crippen LogP contribution in [0.25, 0.3) is 0 Å². The van der Waals surface area contributed by atoms with Gasteiger partial charge in [0.15, 0.2) is 5.75 Å². The molecule has 2 N–H and O–H groups in total. The van der Waals surface area contributed by atoms with Gasteiger partial charge in [0.05, 0.1) is 22.3 Å². The maximum absolute atomic E-state index is 9.15. The highest BCUT2D eigenvalue weighted by Crippen LogP contribution is 2.34. The van der Waals surface area contributed by atoms with E-state index in [1.54, 1.807) is 6.92 Å². The van der Waals surface area contributed by atoms with Gasteiger partial charge >= 0.3 is 0 Å². The summed E-state index contributed by atoms with van der Waals surface area (Å²) in [6, 6.07) is 3.64. The summed E-state index contributed by atoms with van der Waals surface area (Å²) in [5.74, 6) is 0.521. The van der Waals surface area contributed by atoms with Gasteiger partial charge in [-0.25, -0.2) is 0 Å². The molecule has 5 heteroatoms. The summed E-state index contributed by atoms with van der Waals surface area (Å²) in [6.07, 6.45) is -0.348. The van der Waals surface area contributed by atoms with Crippen LogP contribution in [0.1, 0.15) is 26.3 Å². The first kappa shape index (κ1) is 15.6. The van der Waals surface area contributed by atoms with Crippen LogP contribution < -0.4 is 10.1 Å². The van der Waals surface area contributed by atoms with Crippen molar-refractivity contribution in [1.82, 2.24) is 5.32 Å². The summed E-state index contributed by atoms with van der Waals surface area (Å²) in [5, 5.41) is 13.3. The second-order valence-corrected chi connectivity index (χ2v) is 5.35. The molecule has 0 aliphatic rings. The normalized spacial score (nSPS) is 12.8. The smallest absolute Gasteiger partial charge is 0.156 e. The lowest BCUT2D eigenvalue weighted by Gasteiger charge is -2.15. The fraction of sp³-hybridized carbons (Fsp3) is 0.538. The summed E-state index contributed by atoms with van der Waals surface area (Å²) < 4.78 is 5.55. The van der Waals surface area contributed by atoms with Crippen LogP contribution in [0.4, 0.5) is 0 Å². The van der Waals surface area contributed by atoms with Crippen molar-refractivity contribution in [2.75, 3.05) is 6.54 Å². The van der Waals surface area contributed by atoms with Gasteiger partial charge in [0.25, 0.3) is 0 Å². The Morgan fingerprint density at radius 1 is 1.22 bits per heavy atom. The van der Waals surface area contributed by atoms with Crippen LogP contribution in [0.3, 0.4) is 0 Å². The van der Waals surface area contributed by atoms with Crippen molar-refractivity contribution in [1.29, 1.82) is 0 Å². The third kappa shape index (κ3) is 5.02. The third-order valence-corrected chi connectivity index (χ3v) is 2.74. The predicted molar refractivity (Wildman–Crippen MR) is 75.6 cm³/mol. The Morgan fingerprint density at radius 3 is 2.22 bits per heavy atom. The van der Waals surface area contributed by atoms with Crippen LogP contribution in [0.15, 0.2) is 12.1 Å². The molecular formula is C13H19Cl2NO2. The molecule has 0 amide bonds. The number of hydrogen-bond donors (Lipinski definition) is 2. The van der Waals surface area contributed by atoms with E-state index in [4.69, 9.17) is 33.0 Å². The fourth-order valence-corrected chi connectivity index (χ4v) is 2.11. The Hall–Kier alpha value is -0.480. The van der Waals surface area contributed by atoms with Crippen molar-refractivity contribution in [2.45, 2.75) is 39.5 Å². The highest BCUT2D eigenvalue weighted by atomic mass is 35.5. The molecule has 1 aromatic rings. The molecule has 0 aliphatic carbocycles. The molecule has 0 saturated carbocycles. The molecule has 0 bridgehead atoms. The molecule has 102 valence electrons. The lowest BCUT2D eigenvalue weighted by atomic mass is 10.2. The zero-order valence-corrected chi connectivity index (χ0v) is 12.3. The Kier molecular flexibility index (Phi) is 6.22. The summed E-state index contributed by atoms with van der Waals surface area (Å²) in [7, 11) is 0. The van der Waals surface area contributed by atoms with Gasteiger partial charge < -0.3 is 15.2 Å². The van der Waals surface area contributed by atoms with Crippen molar-refractivity contribution in [3.8, 4) is 5.75 Å². The first-order chi connectivity index (χ1) is 8.40. The number of ether oxygens (including phenoxy) is 1. The van der Waals surface area contributed by atoms with Crippen molar-refractivity contribution >= 4 is 23.2 Å². The molecule has 0 heterocycles. The molecule has 0 saturated heterocycles. The van der Waals surface area contributed by atoms with Crippen LogP contribution in [0, 0.1) is 0 Å². The Bertz CT molecular complexity index is 372. The quantitative estimate of drug-likeness (QED) is 0.845. The van der Waals surface area contributed by atoms with Gasteiger partial charge in [0.1, 0.15) is 0 Å². The molecule has 18 heavy (non-hydrogen) atoms. The highest BCUT2D eigenvalue weighted by Gasteiger charge is 2.11. The molecular weight excluding hydrogens is 273 g/mol. The summed E-state index contributed by atoms with van der Waals surface area (Å²) >= 11 is 12.3. The minimum atomic E-state index is -0.375. The number of hydrogen-bond acceptors (Lipinski definition) is 3.